The minimum atomic E-state index is -0.155. The Hall–Kier alpha value is -1.35. The fourth-order valence-electron chi connectivity index (χ4n) is 1.84. The monoisotopic (exact) mass is 235 g/mol. The van der Waals surface area contributed by atoms with Crippen LogP contribution in [-0.4, -0.2) is 30.6 Å². The summed E-state index contributed by atoms with van der Waals surface area (Å²) in [7, 11) is 0. The maximum Gasteiger partial charge on any atom is 0.320 e. The molecular formula is C14H21NO2. The molecule has 1 unspecified atom stereocenters. The van der Waals surface area contributed by atoms with Gasteiger partial charge in [0, 0.05) is 6.04 Å². The lowest BCUT2D eigenvalue weighted by molar-refractivity contribution is -0.144. The van der Waals surface area contributed by atoms with E-state index >= 15 is 0 Å². The Bertz CT molecular complexity index is 337. The molecule has 0 bridgehead atoms. The second-order valence-corrected chi connectivity index (χ2v) is 3.95. The highest BCUT2D eigenvalue weighted by molar-refractivity contribution is 5.71. The van der Waals surface area contributed by atoms with Gasteiger partial charge in [-0.1, -0.05) is 37.3 Å². The number of hydrogen-bond donors (Lipinski definition) is 0. The molecule has 0 aliphatic carbocycles. The van der Waals surface area contributed by atoms with Crippen molar-refractivity contribution >= 4 is 5.97 Å². The number of likely N-dealkylation sites (N-methyl/N-ethyl adjacent to an activating group) is 1. The summed E-state index contributed by atoms with van der Waals surface area (Å²) >= 11 is 0. The number of benzene rings is 1. The maximum atomic E-state index is 11.5. The van der Waals surface area contributed by atoms with Crippen LogP contribution in [0.2, 0.25) is 0 Å². The van der Waals surface area contributed by atoms with E-state index in [0.717, 1.165) is 6.54 Å². The number of esters is 1. The van der Waals surface area contributed by atoms with Gasteiger partial charge in [-0.05, 0) is 26.0 Å². The molecule has 1 aromatic carbocycles. The van der Waals surface area contributed by atoms with Gasteiger partial charge in [0.2, 0.25) is 0 Å². The molecule has 1 atom stereocenters. The lowest BCUT2D eigenvalue weighted by Gasteiger charge is -2.27. The van der Waals surface area contributed by atoms with E-state index in [0.29, 0.717) is 13.2 Å². The molecule has 0 aliphatic heterocycles. The first-order valence-corrected chi connectivity index (χ1v) is 6.13. The van der Waals surface area contributed by atoms with E-state index < -0.39 is 0 Å². The van der Waals surface area contributed by atoms with E-state index in [1.165, 1.54) is 5.56 Å². The minimum Gasteiger partial charge on any atom is -0.465 e. The quantitative estimate of drug-likeness (QED) is 0.710. The first kappa shape index (κ1) is 13.7. The first-order valence-electron chi connectivity index (χ1n) is 6.13. The zero-order chi connectivity index (χ0) is 12.7. The molecule has 3 nitrogen and oxygen atoms in total. The number of nitrogens with zero attached hydrogens (tertiary/aromatic N) is 1. The summed E-state index contributed by atoms with van der Waals surface area (Å²) in [4.78, 5) is 13.6. The van der Waals surface area contributed by atoms with Crippen molar-refractivity contribution in [2.75, 3.05) is 19.7 Å². The van der Waals surface area contributed by atoms with Crippen LogP contribution in [0.15, 0.2) is 30.3 Å². The summed E-state index contributed by atoms with van der Waals surface area (Å²) in [5.74, 6) is -0.155. The van der Waals surface area contributed by atoms with Gasteiger partial charge in [-0.25, -0.2) is 0 Å². The van der Waals surface area contributed by atoms with E-state index in [2.05, 4.69) is 30.9 Å². The highest BCUT2D eigenvalue weighted by atomic mass is 16.5. The molecule has 0 heterocycles. The standard InChI is InChI=1S/C14H21NO2/c1-4-15(11-14(16)17-5-2)12(3)13-9-7-6-8-10-13/h6-10,12H,4-5,11H2,1-3H3. The lowest BCUT2D eigenvalue weighted by Crippen LogP contribution is -2.33. The maximum absolute atomic E-state index is 11.5. The van der Waals surface area contributed by atoms with Crippen LogP contribution < -0.4 is 0 Å². The fourth-order valence-corrected chi connectivity index (χ4v) is 1.84. The van der Waals surface area contributed by atoms with E-state index in [1.807, 2.05) is 25.1 Å². The molecule has 0 radical (unpaired) electrons. The Morgan fingerprint density at radius 3 is 2.47 bits per heavy atom. The zero-order valence-electron chi connectivity index (χ0n) is 10.8. The summed E-state index contributed by atoms with van der Waals surface area (Å²) in [6.07, 6.45) is 0. The number of carbonyl (C=O) groups excluding carboxylic acids is 1. The smallest absolute Gasteiger partial charge is 0.320 e. The van der Waals surface area contributed by atoms with Crippen LogP contribution in [0.4, 0.5) is 0 Å². The summed E-state index contributed by atoms with van der Waals surface area (Å²) in [6, 6.07) is 10.4. The number of ether oxygens (including phenoxy) is 1. The SMILES string of the molecule is CCOC(=O)CN(CC)C(C)c1ccccc1. The normalized spacial score (nSPS) is 12.5. The predicted molar refractivity (Wildman–Crippen MR) is 68.7 cm³/mol. The first-order chi connectivity index (χ1) is 8.19. The lowest BCUT2D eigenvalue weighted by atomic mass is 10.1. The molecule has 0 fully saturated rings. The summed E-state index contributed by atoms with van der Waals surface area (Å²) in [5.41, 5.74) is 1.22. The van der Waals surface area contributed by atoms with Crippen LogP contribution in [0.3, 0.4) is 0 Å². The third-order valence-electron chi connectivity index (χ3n) is 2.87. The van der Waals surface area contributed by atoms with Crippen LogP contribution in [0.25, 0.3) is 0 Å². The van der Waals surface area contributed by atoms with Crippen molar-refractivity contribution in [2.45, 2.75) is 26.8 Å². The van der Waals surface area contributed by atoms with Crippen molar-refractivity contribution in [3.8, 4) is 0 Å². The van der Waals surface area contributed by atoms with E-state index in [9.17, 15) is 4.79 Å². The molecule has 0 saturated carbocycles. The second kappa shape index (κ2) is 7.07. The minimum absolute atomic E-state index is 0.155. The molecular weight excluding hydrogens is 214 g/mol. The molecule has 0 saturated heterocycles. The molecule has 17 heavy (non-hydrogen) atoms. The van der Waals surface area contributed by atoms with Crippen LogP contribution in [0.5, 0.6) is 0 Å². The molecule has 94 valence electrons. The van der Waals surface area contributed by atoms with Gasteiger partial charge >= 0.3 is 5.97 Å². The predicted octanol–water partition coefficient (Wildman–Crippen LogP) is 2.63. The van der Waals surface area contributed by atoms with Crippen molar-refractivity contribution in [1.82, 2.24) is 4.90 Å². The third-order valence-corrected chi connectivity index (χ3v) is 2.87. The van der Waals surface area contributed by atoms with Gasteiger partial charge < -0.3 is 4.74 Å². The Balaban J connectivity index is 2.64. The van der Waals surface area contributed by atoms with Crippen molar-refractivity contribution in [3.63, 3.8) is 0 Å². The van der Waals surface area contributed by atoms with Crippen molar-refractivity contribution in [2.24, 2.45) is 0 Å². The van der Waals surface area contributed by atoms with E-state index in [4.69, 9.17) is 4.74 Å². The number of hydrogen-bond acceptors (Lipinski definition) is 3. The second-order valence-electron chi connectivity index (χ2n) is 3.95. The Kier molecular flexibility index (Phi) is 5.70. The van der Waals surface area contributed by atoms with Gasteiger partial charge in [-0.2, -0.15) is 0 Å². The average Bonchev–Trinajstić information content (AvgIpc) is 2.36. The fraction of sp³-hybridized carbons (Fsp3) is 0.500. The Labute approximate surface area is 103 Å². The highest BCUT2D eigenvalue weighted by Crippen LogP contribution is 2.19. The van der Waals surface area contributed by atoms with E-state index in [-0.39, 0.29) is 12.0 Å². The number of carbonyl (C=O) groups is 1. The highest BCUT2D eigenvalue weighted by Gasteiger charge is 2.17. The van der Waals surface area contributed by atoms with Crippen LogP contribution in [-0.2, 0) is 9.53 Å². The van der Waals surface area contributed by atoms with Gasteiger partial charge in [0.1, 0.15) is 0 Å². The largest absolute Gasteiger partial charge is 0.465 e. The molecule has 0 aromatic heterocycles. The third kappa shape index (κ3) is 4.19. The molecule has 0 N–H and O–H groups in total. The van der Waals surface area contributed by atoms with Crippen molar-refractivity contribution in [1.29, 1.82) is 0 Å². The molecule has 0 spiro atoms. The number of rotatable bonds is 6. The van der Waals surface area contributed by atoms with Crippen molar-refractivity contribution < 1.29 is 9.53 Å². The van der Waals surface area contributed by atoms with E-state index in [1.54, 1.807) is 0 Å². The van der Waals surface area contributed by atoms with Gasteiger partial charge in [0.25, 0.3) is 0 Å². The van der Waals surface area contributed by atoms with Gasteiger partial charge in [0.15, 0.2) is 0 Å². The average molecular weight is 235 g/mol. The Morgan fingerprint density at radius 2 is 1.94 bits per heavy atom. The molecule has 0 aliphatic rings. The van der Waals surface area contributed by atoms with Crippen LogP contribution >= 0.6 is 0 Å². The van der Waals surface area contributed by atoms with Gasteiger partial charge in [0.05, 0.1) is 13.2 Å². The summed E-state index contributed by atoms with van der Waals surface area (Å²) < 4.78 is 4.98. The summed E-state index contributed by atoms with van der Waals surface area (Å²) in [5, 5.41) is 0. The van der Waals surface area contributed by atoms with Gasteiger partial charge in [-0.3, -0.25) is 9.69 Å². The molecule has 1 rings (SSSR count). The topological polar surface area (TPSA) is 29.5 Å². The summed E-state index contributed by atoms with van der Waals surface area (Å²) in [6.45, 7) is 7.61. The van der Waals surface area contributed by atoms with Gasteiger partial charge in [-0.15, -0.1) is 0 Å². The molecule has 3 heteroatoms. The Morgan fingerprint density at radius 1 is 1.29 bits per heavy atom. The molecule has 0 amide bonds. The zero-order valence-corrected chi connectivity index (χ0v) is 10.8. The molecule has 1 aromatic rings. The van der Waals surface area contributed by atoms with Crippen LogP contribution in [0.1, 0.15) is 32.4 Å². The van der Waals surface area contributed by atoms with Crippen LogP contribution in [0, 0.1) is 0 Å². The van der Waals surface area contributed by atoms with Crippen molar-refractivity contribution in [3.05, 3.63) is 35.9 Å².